The lowest BCUT2D eigenvalue weighted by Gasteiger charge is -2.13. The van der Waals surface area contributed by atoms with Crippen molar-refractivity contribution in [3.05, 3.63) is 53.8 Å². The molecule has 0 aliphatic heterocycles. The molecule has 0 saturated carbocycles. The van der Waals surface area contributed by atoms with Crippen molar-refractivity contribution in [2.75, 3.05) is 0 Å². The van der Waals surface area contributed by atoms with Crippen LogP contribution in [0.3, 0.4) is 0 Å². The minimum atomic E-state index is -4.86. The van der Waals surface area contributed by atoms with Crippen LogP contribution in [-0.4, -0.2) is 11.5 Å². The molecule has 0 aliphatic rings. The second-order valence-corrected chi connectivity index (χ2v) is 4.04. The number of hydrogen-bond donors (Lipinski definition) is 1. The highest BCUT2D eigenvalue weighted by Gasteiger charge is 2.32. The van der Waals surface area contributed by atoms with Crippen molar-refractivity contribution in [2.45, 2.75) is 13.0 Å². The summed E-state index contributed by atoms with van der Waals surface area (Å²) in [6.45, 7) is -0.588. The molecule has 0 fully saturated rings. The van der Waals surface area contributed by atoms with E-state index in [4.69, 9.17) is 5.11 Å². The molecule has 1 N–H and O–H groups in total. The van der Waals surface area contributed by atoms with Gasteiger partial charge in [0, 0.05) is 5.56 Å². The SMILES string of the molecule is OCc1ccc(-c2cccc(F)c2)cc1OC(F)(F)F. The minimum absolute atomic E-state index is 0.00229. The zero-order valence-corrected chi connectivity index (χ0v) is 10.1. The van der Waals surface area contributed by atoms with E-state index in [2.05, 4.69) is 4.74 Å². The minimum Gasteiger partial charge on any atom is -0.405 e. The molecular formula is C14H10F4O2. The second kappa shape index (κ2) is 5.50. The van der Waals surface area contributed by atoms with E-state index in [1.54, 1.807) is 6.07 Å². The van der Waals surface area contributed by atoms with Gasteiger partial charge < -0.3 is 9.84 Å². The smallest absolute Gasteiger partial charge is 0.405 e. The fraction of sp³-hybridized carbons (Fsp3) is 0.143. The average molecular weight is 286 g/mol. The Hall–Kier alpha value is -2.08. The first-order chi connectivity index (χ1) is 9.39. The standard InChI is InChI=1S/C14H10F4O2/c15-12-3-1-2-9(6-12)10-4-5-11(8-19)13(7-10)20-14(16,17)18/h1-7,19H,8H2. The van der Waals surface area contributed by atoms with E-state index >= 15 is 0 Å². The van der Waals surface area contributed by atoms with Crippen molar-refractivity contribution in [1.82, 2.24) is 0 Å². The molecule has 0 saturated heterocycles. The normalized spacial score (nSPS) is 11.4. The van der Waals surface area contributed by atoms with Crippen LogP contribution < -0.4 is 4.74 Å². The van der Waals surface area contributed by atoms with Gasteiger partial charge in [-0.15, -0.1) is 13.2 Å². The van der Waals surface area contributed by atoms with Gasteiger partial charge in [0.15, 0.2) is 0 Å². The maximum atomic E-state index is 13.1. The molecule has 0 unspecified atom stereocenters. The molecule has 6 heteroatoms. The first kappa shape index (κ1) is 14.3. The van der Waals surface area contributed by atoms with Gasteiger partial charge in [0.1, 0.15) is 11.6 Å². The van der Waals surface area contributed by atoms with Crippen molar-refractivity contribution in [3.63, 3.8) is 0 Å². The molecule has 0 spiro atoms. The van der Waals surface area contributed by atoms with Crippen LogP contribution in [0.5, 0.6) is 5.75 Å². The van der Waals surface area contributed by atoms with Gasteiger partial charge in [0.05, 0.1) is 6.61 Å². The van der Waals surface area contributed by atoms with Gasteiger partial charge in [-0.05, 0) is 29.3 Å². The molecule has 20 heavy (non-hydrogen) atoms. The van der Waals surface area contributed by atoms with Gasteiger partial charge in [0.25, 0.3) is 0 Å². The monoisotopic (exact) mass is 286 g/mol. The highest BCUT2D eigenvalue weighted by molar-refractivity contribution is 5.66. The number of rotatable bonds is 3. The van der Waals surface area contributed by atoms with E-state index in [0.29, 0.717) is 11.1 Å². The van der Waals surface area contributed by atoms with Crippen LogP contribution in [0.25, 0.3) is 11.1 Å². The maximum absolute atomic E-state index is 13.1. The molecule has 2 nitrogen and oxygen atoms in total. The van der Waals surface area contributed by atoms with E-state index < -0.39 is 24.5 Å². The number of alkyl halides is 3. The molecule has 106 valence electrons. The first-order valence-electron chi connectivity index (χ1n) is 5.64. The van der Waals surface area contributed by atoms with Crippen LogP contribution in [0.15, 0.2) is 42.5 Å². The van der Waals surface area contributed by atoms with E-state index in [0.717, 1.165) is 6.07 Å². The maximum Gasteiger partial charge on any atom is 0.573 e. The van der Waals surface area contributed by atoms with Crippen LogP contribution in [0.1, 0.15) is 5.56 Å². The largest absolute Gasteiger partial charge is 0.573 e. The Morgan fingerprint density at radius 3 is 2.30 bits per heavy atom. The zero-order valence-electron chi connectivity index (χ0n) is 10.1. The summed E-state index contributed by atoms with van der Waals surface area (Å²) in [6.07, 6.45) is -4.86. The number of halogens is 4. The van der Waals surface area contributed by atoms with Crippen molar-refractivity contribution in [3.8, 4) is 16.9 Å². The first-order valence-corrected chi connectivity index (χ1v) is 5.64. The van der Waals surface area contributed by atoms with Crippen molar-refractivity contribution >= 4 is 0 Å². The zero-order chi connectivity index (χ0) is 14.8. The van der Waals surface area contributed by atoms with Crippen molar-refractivity contribution in [2.24, 2.45) is 0 Å². The van der Waals surface area contributed by atoms with E-state index in [1.165, 1.54) is 30.3 Å². The molecule has 0 bridgehead atoms. The molecule has 0 amide bonds. The molecule has 0 heterocycles. The van der Waals surface area contributed by atoms with Gasteiger partial charge in [-0.1, -0.05) is 24.3 Å². The van der Waals surface area contributed by atoms with Crippen LogP contribution in [0.4, 0.5) is 17.6 Å². The summed E-state index contributed by atoms with van der Waals surface area (Å²) in [4.78, 5) is 0. The quantitative estimate of drug-likeness (QED) is 0.868. The molecule has 2 aromatic rings. The molecule has 2 rings (SSSR count). The Morgan fingerprint density at radius 2 is 1.70 bits per heavy atom. The average Bonchev–Trinajstić information content (AvgIpc) is 2.37. The number of ether oxygens (including phenoxy) is 1. The Morgan fingerprint density at radius 1 is 1.00 bits per heavy atom. The van der Waals surface area contributed by atoms with E-state index in [-0.39, 0.29) is 5.56 Å². The molecule has 0 aromatic heterocycles. The lowest BCUT2D eigenvalue weighted by atomic mass is 10.0. The summed E-state index contributed by atoms with van der Waals surface area (Å²) in [7, 11) is 0. The highest BCUT2D eigenvalue weighted by atomic mass is 19.4. The Labute approximate surface area is 112 Å². The third-order valence-electron chi connectivity index (χ3n) is 2.62. The number of aliphatic hydroxyl groups is 1. The Kier molecular flexibility index (Phi) is 3.94. The van der Waals surface area contributed by atoms with Gasteiger partial charge >= 0.3 is 6.36 Å². The predicted octanol–water partition coefficient (Wildman–Crippen LogP) is 3.88. The van der Waals surface area contributed by atoms with E-state index in [9.17, 15) is 17.6 Å². The summed E-state index contributed by atoms with van der Waals surface area (Å²) in [6, 6.07) is 9.37. The molecule has 0 radical (unpaired) electrons. The molecular weight excluding hydrogens is 276 g/mol. The third-order valence-corrected chi connectivity index (χ3v) is 2.62. The fourth-order valence-corrected chi connectivity index (χ4v) is 1.75. The van der Waals surface area contributed by atoms with Crippen molar-refractivity contribution < 1.29 is 27.4 Å². The van der Waals surface area contributed by atoms with Gasteiger partial charge in [-0.3, -0.25) is 0 Å². The summed E-state index contributed by atoms with van der Waals surface area (Å²) >= 11 is 0. The molecule has 2 aromatic carbocycles. The topological polar surface area (TPSA) is 29.5 Å². The summed E-state index contributed by atoms with van der Waals surface area (Å²) in [5.41, 5.74) is 0.782. The fourth-order valence-electron chi connectivity index (χ4n) is 1.75. The van der Waals surface area contributed by atoms with Crippen LogP contribution in [-0.2, 0) is 6.61 Å². The summed E-state index contributed by atoms with van der Waals surface area (Å²) in [5.74, 6) is -0.992. The predicted molar refractivity (Wildman–Crippen MR) is 64.4 cm³/mol. The van der Waals surface area contributed by atoms with E-state index in [1.807, 2.05) is 0 Å². The number of benzene rings is 2. The lowest BCUT2D eigenvalue weighted by Crippen LogP contribution is -2.18. The third kappa shape index (κ3) is 3.48. The van der Waals surface area contributed by atoms with Crippen LogP contribution in [0, 0.1) is 5.82 Å². The van der Waals surface area contributed by atoms with Crippen LogP contribution >= 0.6 is 0 Å². The second-order valence-electron chi connectivity index (χ2n) is 4.04. The van der Waals surface area contributed by atoms with Gasteiger partial charge in [-0.25, -0.2) is 4.39 Å². The van der Waals surface area contributed by atoms with Gasteiger partial charge in [-0.2, -0.15) is 0 Å². The van der Waals surface area contributed by atoms with Gasteiger partial charge in [0.2, 0.25) is 0 Å². The summed E-state index contributed by atoms with van der Waals surface area (Å²) < 4.78 is 53.9. The lowest BCUT2D eigenvalue weighted by molar-refractivity contribution is -0.275. The highest BCUT2D eigenvalue weighted by Crippen LogP contribution is 2.31. The number of aliphatic hydroxyl groups excluding tert-OH is 1. The van der Waals surface area contributed by atoms with Crippen LogP contribution in [0.2, 0.25) is 0 Å². The number of hydrogen-bond acceptors (Lipinski definition) is 2. The molecule has 0 aliphatic carbocycles. The molecule has 0 atom stereocenters. The Balaban J connectivity index is 2.44. The Bertz CT molecular complexity index is 608. The van der Waals surface area contributed by atoms with Crippen molar-refractivity contribution in [1.29, 1.82) is 0 Å². The summed E-state index contributed by atoms with van der Waals surface area (Å²) in [5, 5.41) is 9.01.